The first-order valence-electron chi connectivity index (χ1n) is 7.29. The average molecular weight is 295 g/mol. The monoisotopic (exact) mass is 295 g/mol. The van der Waals surface area contributed by atoms with Crippen LogP contribution in [-0.4, -0.2) is 39.2 Å². The van der Waals surface area contributed by atoms with E-state index in [9.17, 15) is 15.2 Å². The minimum absolute atomic E-state index is 0.107. The molecule has 2 rings (SSSR count). The van der Waals surface area contributed by atoms with E-state index in [1.807, 2.05) is 6.92 Å². The summed E-state index contributed by atoms with van der Waals surface area (Å²) in [5.74, 6) is 0.661. The fraction of sp³-hybridized carbons (Fsp3) is 0.692. The first-order valence-corrected chi connectivity index (χ1v) is 7.29. The Labute approximate surface area is 123 Å². The lowest BCUT2D eigenvalue weighted by atomic mass is 9.86. The maximum absolute atomic E-state index is 11.0. The summed E-state index contributed by atoms with van der Waals surface area (Å²) in [5.41, 5.74) is -0.151. The standard InChI is InChI=1S/C13H21N5O3/c1-2-14-13-16-8-10(18(20)21)12(17-13)15-7-9-5-3-4-6-11(9)19/h8-9,11,19H,2-7H2,1H3,(H2,14,15,16,17). The van der Waals surface area contributed by atoms with Gasteiger partial charge in [-0.05, 0) is 19.8 Å². The Bertz CT molecular complexity index is 497. The third kappa shape index (κ3) is 4.01. The molecule has 8 heteroatoms. The topological polar surface area (TPSA) is 113 Å². The number of nitrogens with zero attached hydrogens (tertiary/aromatic N) is 3. The zero-order valence-corrected chi connectivity index (χ0v) is 12.1. The van der Waals surface area contributed by atoms with Crippen molar-refractivity contribution in [1.82, 2.24) is 9.97 Å². The number of aromatic nitrogens is 2. The van der Waals surface area contributed by atoms with Gasteiger partial charge in [-0.1, -0.05) is 12.8 Å². The van der Waals surface area contributed by atoms with Crippen LogP contribution in [0.2, 0.25) is 0 Å². The van der Waals surface area contributed by atoms with Gasteiger partial charge in [-0.25, -0.2) is 4.98 Å². The minimum atomic E-state index is -0.505. The Hall–Kier alpha value is -1.96. The lowest BCUT2D eigenvalue weighted by Crippen LogP contribution is -2.30. The zero-order valence-electron chi connectivity index (χ0n) is 12.1. The van der Waals surface area contributed by atoms with Crippen LogP contribution < -0.4 is 10.6 Å². The Kier molecular flexibility index (Phi) is 5.26. The molecule has 1 fully saturated rings. The second kappa shape index (κ2) is 7.16. The fourth-order valence-electron chi connectivity index (χ4n) is 2.54. The Morgan fingerprint density at radius 2 is 2.19 bits per heavy atom. The molecular weight excluding hydrogens is 274 g/mol. The summed E-state index contributed by atoms with van der Waals surface area (Å²) < 4.78 is 0. The van der Waals surface area contributed by atoms with Crippen molar-refractivity contribution in [3.63, 3.8) is 0 Å². The summed E-state index contributed by atoms with van der Waals surface area (Å²) in [4.78, 5) is 18.6. The number of rotatable bonds is 6. The summed E-state index contributed by atoms with van der Waals surface area (Å²) >= 11 is 0. The van der Waals surface area contributed by atoms with Crippen molar-refractivity contribution in [2.45, 2.75) is 38.7 Å². The van der Waals surface area contributed by atoms with E-state index in [4.69, 9.17) is 0 Å². The van der Waals surface area contributed by atoms with Gasteiger partial charge in [0.1, 0.15) is 6.20 Å². The Morgan fingerprint density at radius 3 is 2.86 bits per heavy atom. The molecule has 1 saturated carbocycles. The number of anilines is 2. The molecule has 116 valence electrons. The van der Waals surface area contributed by atoms with Crippen LogP contribution in [0.5, 0.6) is 0 Å². The summed E-state index contributed by atoms with van der Waals surface area (Å²) in [6.45, 7) is 3.01. The van der Waals surface area contributed by atoms with Crippen molar-refractivity contribution in [1.29, 1.82) is 0 Å². The largest absolute Gasteiger partial charge is 0.393 e. The lowest BCUT2D eigenvalue weighted by molar-refractivity contribution is -0.384. The van der Waals surface area contributed by atoms with Gasteiger partial charge < -0.3 is 15.7 Å². The molecule has 0 radical (unpaired) electrons. The molecule has 2 unspecified atom stereocenters. The van der Waals surface area contributed by atoms with E-state index < -0.39 is 4.92 Å². The molecule has 1 aromatic heterocycles. The van der Waals surface area contributed by atoms with Crippen LogP contribution in [0, 0.1) is 16.0 Å². The highest BCUT2D eigenvalue weighted by atomic mass is 16.6. The van der Waals surface area contributed by atoms with Crippen LogP contribution in [-0.2, 0) is 0 Å². The van der Waals surface area contributed by atoms with Crippen molar-refractivity contribution >= 4 is 17.5 Å². The van der Waals surface area contributed by atoms with Gasteiger partial charge in [0.05, 0.1) is 11.0 Å². The van der Waals surface area contributed by atoms with Crippen LogP contribution >= 0.6 is 0 Å². The fourth-order valence-corrected chi connectivity index (χ4v) is 2.54. The Morgan fingerprint density at radius 1 is 1.43 bits per heavy atom. The molecule has 0 amide bonds. The first kappa shape index (κ1) is 15.4. The molecule has 1 aliphatic rings. The zero-order chi connectivity index (χ0) is 15.2. The first-order chi connectivity index (χ1) is 10.1. The SMILES string of the molecule is CCNc1ncc([N+](=O)[O-])c(NCC2CCCCC2O)n1. The van der Waals surface area contributed by atoms with E-state index in [-0.39, 0.29) is 23.5 Å². The molecule has 0 aromatic carbocycles. The number of aliphatic hydroxyl groups is 1. The molecule has 21 heavy (non-hydrogen) atoms. The summed E-state index contributed by atoms with van der Waals surface area (Å²) in [6.07, 6.45) is 4.69. The molecule has 0 aliphatic heterocycles. The van der Waals surface area contributed by atoms with E-state index in [1.54, 1.807) is 0 Å². The van der Waals surface area contributed by atoms with Gasteiger partial charge >= 0.3 is 5.69 Å². The molecular formula is C13H21N5O3. The second-order valence-electron chi connectivity index (χ2n) is 5.21. The van der Waals surface area contributed by atoms with Gasteiger partial charge in [0.15, 0.2) is 0 Å². The number of nitro groups is 1. The maximum Gasteiger partial charge on any atom is 0.329 e. The third-order valence-electron chi connectivity index (χ3n) is 3.70. The summed E-state index contributed by atoms with van der Waals surface area (Å²) in [6, 6.07) is 0. The highest BCUT2D eigenvalue weighted by molar-refractivity contribution is 5.56. The van der Waals surface area contributed by atoms with E-state index >= 15 is 0 Å². The minimum Gasteiger partial charge on any atom is -0.393 e. The van der Waals surface area contributed by atoms with Crippen LogP contribution in [0.3, 0.4) is 0 Å². The summed E-state index contributed by atoms with van der Waals surface area (Å²) in [7, 11) is 0. The molecule has 8 nitrogen and oxygen atoms in total. The van der Waals surface area contributed by atoms with Crippen LogP contribution in [0.15, 0.2) is 6.20 Å². The van der Waals surface area contributed by atoms with Gasteiger partial charge in [-0.15, -0.1) is 0 Å². The second-order valence-corrected chi connectivity index (χ2v) is 5.21. The molecule has 0 bridgehead atoms. The smallest absolute Gasteiger partial charge is 0.329 e. The average Bonchev–Trinajstić information content (AvgIpc) is 2.46. The van der Waals surface area contributed by atoms with Gasteiger partial charge in [-0.2, -0.15) is 4.98 Å². The highest BCUT2D eigenvalue weighted by Crippen LogP contribution is 2.27. The number of nitrogens with one attached hydrogen (secondary N) is 2. The van der Waals surface area contributed by atoms with Gasteiger partial charge in [0.25, 0.3) is 0 Å². The van der Waals surface area contributed by atoms with E-state index in [1.165, 1.54) is 6.20 Å². The van der Waals surface area contributed by atoms with Crippen LogP contribution in [0.1, 0.15) is 32.6 Å². The number of hydrogen-bond donors (Lipinski definition) is 3. The highest BCUT2D eigenvalue weighted by Gasteiger charge is 2.24. The predicted molar refractivity (Wildman–Crippen MR) is 79.3 cm³/mol. The van der Waals surface area contributed by atoms with Crippen molar-refractivity contribution in [2.75, 3.05) is 23.7 Å². The maximum atomic E-state index is 11.0. The van der Waals surface area contributed by atoms with Gasteiger partial charge in [0.2, 0.25) is 11.8 Å². The van der Waals surface area contributed by atoms with Crippen molar-refractivity contribution in [3.8, 4) is 0 Å². The molecule has 1 aromatic rings. The quantitative estimate of drug-likeness (QED) is 0.541. The lowest BCUT2D eigenvalue weighted by Gasteiger charge is -2.27. The van der Waals surface area contributed by atoms with Crippen molar-refractivity contribution < 1.29 is 10.0 Å². The normalized spacial score (nSPS) is 21.8. The van der Waals surface area contributed by atoms with Crippen molar-refractivity contribution in [2.24, 2.45) is 5.92 Å². The predicted octanol–water partition coefficient (Wildman–Crippen LogP) is 1.78. The number of hydrogen-bond acceptors (Lipinski definition) is 7. The molecule has 0 spiro atoms. The van der Waals surface area contributed by atoms with Gasteiger partial charge in [-0.3, -0.25) is 10.1 Å². The van der Waals surface area contributed by atoms with Gasteiger partial charge in [0, 0.05) is 19.0 Å². The molecule has 3 N–H and O–H groups in total. The molecule has 1 heterocycles. The van der Waals surface area contributed by atoms with Crippen LogP contribution in [0.25, 0.3) is 0 Å². The summed E-state index contributed by atoms with van der Waals surface area (Å²) in [5, 5.41) is 26.9. The van der Waals surface area contributed by atoms with Crippen molar-refractivity contribution in [3.05, 3.63) is 16.3 Å². The van der Waals surface area contributed by atoms with E-state index in [2.05, 4.69) is 20.6 Å². The van der Waals surface area contributed by atoms with Crippen LogP contribution in [0.4, 0.5) is 17.5 Å². The van der Waals surface area contributed by atoms with E-state index in [0.717, 1.165) is 25.7 Å². The molecule has 0 saturated heterocycles. The Balaban J connectivity index is 2.09. The third-order valence-corrected chi connectivity index (χ3v) is 3.70. The molecule has 1 aliphatic carbocycles. The number of aliphatic hydroxyl groups excluding tert-OH is 1. The molecule has 2 atom stereocenters. The van der Waals surface area contributed by atoms with E-state index in [0.29, 0.717) is 19.0 Å².